The number of hydrogen-bond acceptors (Lipinski definition) is 11. The molecule has 3 aliphatic heterocycles. The van der Waals surface area contributed by atoms with Crippen LogP contribution in [-0.2, 0) is 45.2 Å². The molecule has 4 aromatic rings. The summed E-state index contributed by atoms with van der Waals surface area (Å²) in [6.45, 7) is 4.07. The van der Waals surface area contributed by atoms with E-state index in [1.54, 1.807) is 23.1 Å². The lowest BCUT2D eigenvalue weighted by Gasteiger charge is -2.36. The molecule has 0 spiro atoms. The van der Waals surface area contributed by atoms with Crippen LogP contribution in [0.25, 0.3) is 0 Å². The standard InChI is InChI=1S/C37H37F3N8O5S/c1-54(52,53)28-4-2-3-23(18-28)19-41-33-30(37(38,39)40)20-42-36(45-33)43-26-6-8-27(9-7-26)47-15-13-46(14-16-47)21-24-5-10-29-25(17-24)22-48(35(29)51)31-11-12-32(49)44-34(31)50/h2-10,17-18,20,31H,11-16,19,21-22H2,1H3,(H,44,49,50)(H2,41,42,43,45). The second-order valence-corrected chi connectivity index (χ2v) is 15.6. The van der Waals surface area contributed by atoms with Crippen LogP contribution in [-0.4, -0.2) is 84.4 Å². The fourth-order valence-corrected chi connectivity index (χ4v) is 7.58. The molecule has 282 valence electrons. The number of amides is 3. The molecule has 4 heterocycles. The Morgan fingerprint density at radius 3 is 2.41 bits per heavy atom. The molecular weight excluding hydrogens is 726 g/mol. The number of aromatic nitrogens is 2. The number of carbonyl (C=O) groups excluding carboxylic acids is 3. The van der Waals surface area contributed by atoms with Gasteiger partial charge in [0.05, 0.1) is 4.90 Å². The van der Waals surface area contributed by atoms with E-state index in [-0.39, 0.29) is 35.6 Å². The zero-order valence-electron chi connectivity index (χ0n) is 29.2. The second kappa shape index (κ2) is 14.7. The molecule has 17 heteroatoms. The van der Waals surface area contributed by atoms with Crippen molar-refractivity contribution in [2.24, 2.45) is 0 Å². The van der Waals surface area contributed by atoms with Crippen molar-refractivity contribution in [3.05, 3.63) is 101 Å². The van der Waals surface area contributed by atoms with Crippen LogP contribution in [0.1, 0.15) is 45.5 Å². The lowest BCUT2D eigenvalue weighted by molar-refractivity contribution is -0.138. The highest BCUT2D eigenvalue weighted by atomic mass is 32.2. The highest BCUT2D eigenvalue weighted by molar-refractivity contribution is 7.90. The maximum atomic E-state index is 13.8. The average Bonchev–Trinajstić information content (AvgIpc) is 3.45. The third-order valence-corrected chi connectivity index (χ3v) is 10.8. The van der Waals surface area contributed by atoms with Crippen molar-refractivity contribution >= 4 is 50.7 Å². The molecule has 3 amide bonds. The lowest BCUT2D eigenvalue weighted by Crippen LogP contribution is -2.52. The first-order valence-corrected chi connectivity index (χ1v) is 19.2. The van der Waals surface area contributed by atoms with Crippen LogP contribution >= 0.6 is 0 Å². The summed E-state index contributed by atoms with van der Waals surface area (Å²) in [6, 6.07) is 18.5. The molecule has 2 fully saturated rings. The Hall–Kier alpha value is -5.55. The number of benzene rings is 3. The summed E-state index contributed by atoms with van der Waals surface area (Å²) < 4.78 is 65.2. The SMILES string of the molecule is CS(=O)(=O)c1cccc(CNc2nc(Nc3ccc(N4CCN(Cc5ccc6c(c5)CN(C5CCC(=O)NC5=O)C6=O)CC4)cc3)ncc2C(F)(F)F)c1. The Labute approximate surface area is 309 Å². The number of anilines is 4. The molecule has 1 unspecified atom stereocenters. The predicted molar refractivity (Wildman–Crippen MR) is 194 cm³/mol. The number of nitrogens with zero attached hydrogens (tertiary/aromatic N) is 5. The van der Waals surface area contributed by atoms with Gasteiger partial charge in [-0.25, -0.2) is 13.4 Å². The Bertz CT molecular complexity index is 2210. The van der Waals surface area contributed by atoms with Gasteiger partial charge in [0.1, 0.15) is 17.4 Å². The minimum absolute atomic E-state index is 0.0450. The molecule has 7 rings (SSSR count). The Morgan fingerprint density at radius 2 is 1.70 bits per heavy atom. The number of piperidine rings is 1. The third-order valence-electron chi connectivity index (χ3n) is 9.74. The zero-order chi connectivity index (χ0) is 38.2. The first-order chi connectivity index (χ1) is 25.7. The highest BCUT2D eigenvalue weighted by Gasteiger charge is 2.39. The quantitative estimate of drug-likeness (QED) is 0.198. The van der Waals surface area contributed by atoms with Gasteiger partial charge < -0.3 is 20.4 Å². The van der Waals surface area contributed by atoms with E-state index in [9.17, 15) is 36.0 Å². The van der Waals surface area contributed by atoms with Crippen molar-refractivity contribution in [3.8, 4) is 0 Å². The first kappa shape index (κ1) is 36.8. The Kier molecular flexibility index (Phi) is 10.0. The van der Waals surface area contributed by atoms with Gasteiger partial charge >= 0.3 is 6.18 Å². The molecule has 3 aromatic carbocycles. The smallest absolute Gasteiger partial charge is 0.369 e. The number of halogens is 3. The van der Waals surface area contributed by atoms with E-state index in [0.29, 0.717) is 42.5 Å². The highest BCUT2D eigenvalue weighted by Crippen LogP contribution is 2.35. The number of piperazine rings is 1. The maximum absolute atomic E-state index is 13.8. The lowest BCUT2D eigenvalue weighted by atomic mass is 10.0. The predicted octanol–water partition coefficient (Wildman–Crippen LogP) is 4.34. The van der Waals surface area contributed by atoms with Gasteiger partial charge in [0.25, 0.3) is 5.91 Å². The van der Waals surface area contributed by atoms with Crippen molar-refractivity contribution in [2.45, 2.75) is 49.6 Å². The fraction of sp³-hybridized carbons (Fsp3) is 0.324. The Morgan fingerprint density at radius 1 is 0.944 bits per heavy atom. The van der Waals surface area contributed by atoms with Crippen molar-refractivity contribution in [3.63, 3.8) is 0 Å². The van der Waals surface area contributed by atoms with Crippen LogP contribution in [0.15, 0.2) is 77.8 Å². The van der Waals surface area contributed by atoms with E-state index in [0.717, 1.165) is 49.2 Å². The van der Waals surface area contributed by atoms with Gasteiger partial charge in [0, 0.05) is 81.6 Å². The van der Waals surface area contributed by atoms with Crippen LogP contribution in [0.4, 0.5) is 36.3 Å². The molecule has 3 N–H and O–H groups in total. The molecule has 54 heavy (non-hydrogen) atoms. The van der Waals surface area contributed by atoms with Crippen molar-refractivity contribution < 1.29 is 36.0 Å². The molecule has 0 bridgehead atoms. The first-order valence-electron chi connectivity index (χ1n) is 17.3. The molecule has 0 saturated carbocycles. The van der Waals surface area contributed by atoms with E-state index < -0.39 is 39.3 Å². The molecule has 1 aromatic heterocycles. The minimum Gasteiger partial charge on any atom is -0.369 e. The average molecular weight is 763 g/mol. The second-order valence-electron chi connectivity index (χ2n) is 13.6. The molecule has 0 radical (unpaired) electrons. The van der Waals surface area contributed by atoms with Gasteiger partial charge in [0.2, 0.25) is 17.8 Å². The molecule has 3 aliphatic rings. The van der Waals surface area contributed by atoms with Crippen molar-refractivity contribution in [1.29, 1.82) is 0 Å². The number of hydrogen-bond donors (Lipinski definition) is 3. The number of sulfone groups is 1. The van der Waals surface area contributed by atoms with Gasteiger partial charge in [-0.3, -0.25) is 24.6 Å². The zero-order valence-corrected chi connectivity index (χ0v) is 30.0. The van der Waals surface area contributed by atoms with Crippen LogP contribution < -0.4 is 20.9 Å². The van der Waals surface area contributed by atoms with Crippen LogP contribution in [0.3, 0.4) is 0 Å². The van der Waals surface area contributed by atoms with E-state index in [1.807, 2.05) is 30.3 Å². The largest absolute Gasteiger partial charge is 0.421 e. The number of nitrogens with one attached hydrogen (secondary N) is 3. The summed E-state index contributed by atoms with van der Waals surface area (Å²) in [5.74, 6) is -1.43. The topological polar surface area (TPSA) is 157 Å². The summed E-state index contributed by atoms with van der Waals surface area (Å²) in [4.78, 5) is 51.2. The summed E-state index contributed by atoms with van der Waals surface area (Å²) in [6.07, 6.45) is -2.42. The molecule has 2 saturated heterocycles. The molecule has 1 atom stereocenters. The summed E-state index contributed by atoms with van der Waals surface area (Å²) in [5.41, 5.74) is 3.51. The normalized spacial score (nSPS) is 18.1. The van der Waals surface area contributed by atoms with Gasteiger partial charge in [-0.05, 0) is 65.6 Å². The van der Waals surface area contributed by atoms with Gasteiger partial charge in [-0.2, -0.15) is 18.2 Å². The number of alkyl halides is 3. The monoisotopic (exact) mass is 762 g/mol. The van der Waals surface area contributed by atoms with E-state index in [2.05, 4.69) is 35.7 Å². The van der Waals surface area contributed by atoms with Gasteiger partial charge in [0.15, 0.2) is 9.84 Å². The third kappa shape index (κ3) is 8.16. The summed E-state index contributed by atoms with van der Waals surface area (Å²) >= 11 is 0. The minimum atomic E-state index is -4.72. The number of carbonyl (C=O) groups is 3. The van der Waals surface area contributed by atoms with Crippen LogP contribution in [0.2, 0.25) is 0 Å². The van der Waals surface area contributed by atoms with Crippen LogP contribution in [0, 0.1) is 0 Å². The van der Waals surface area contributed by atoms with Gasteiger partial charge in [-0.1, -0.05) is 24.3 Å². The number of imide groups is 1. The molecule has 13 nitrogen and oxygen atoms in total. The number of fused-ring (bicyclic) bond motifs is 1. The number of rotatable bonds is 10. The van der Waals surface area contributed by atoms with E-state index in [4.69, 9.17) is 0 Å². The van der Waals surface area contributed by atoms with Crippen molar-refractivity contribution in [1.82, 2.24) is 25.1 Å². The summed E-state index contributed by atoms with van der Waals surface area (Å²) in [5, 5.41) is 7.98. The maximum Gasteiger partial charge on any atom is 0.421 e. The van der Waals surface area contributed by atoms with E-state index >= 15 is 0 Å². The molecule has 0 aliphatic carbocycles. The van der Waals surface area contributed by atoms with Crippen molar-refractivity contribution in [2.75, 3.05) is 48.0 Å². The molecular formula is C37H37F3N8O5S. The van der Waals surface area contributed by atoms with Gasteiger partial charge in [-0.15, -0.1) is 0 Å². The summed E-state index contributed by atoms with van der Waals surface area (Å²) in [7, 11) is -3.49. The van der Waals surface area contributed by atoms with Crippen LogP contribution in [0.5, 0.6) is 0 Å². The van der Waals surface area contributed by atoms with E-state index in [1.165, 1.54) is 18.2 Å². The fourth-order valence-electron chi connectivity index (χ4n) is 6.89. The Balaban J connectivity index is 0.937.